The lowest BCUT2D eigenvalue weighted by molar-refractivity contribution is -0.115. The normalized spacial score (nSPS) is 11.8. The van der Waals surface area contributed by atoms with E-state index < -0.39 is 0 Å². The van der Waals surface area contributed by atoms with Crippen molar-refractivity contribution in [3.05, 3.63) is 66.0 Å². The third-order valence-electron chi connectivity index (χ3n) is 4.21. The lowest BCUT2D eigenvalue weighted by atomic mass is 10.1. The van der Waals surface area contributed by atoms with E-state index in [1.807, 2.05) is 67.9 Å². The Morgan fingerprint density at radius 2 is 1.86 bits per heavy atom. The van der Waals surface area contributed by atoms with Gasteiger partial charge < -0.3 is 14.6 Å². The van der Waals surface area contributed by atoms with Crippen LogP contribution in [0.2, 0.25) is 0 Å². The van der Waals surface area contributed by atoms with Crippen molar-refractivity contribution in [1.29, 1.82) is 0 Å². The van der Waals surface area contributed by atoms with Crippen LogP contribution in [0.4, 0.5) is 5.69 Å². The first-order valence-electron chi connectivity index (χ1n) is 9.19. The van der Waals surface area contributed by atoms with Crippen LogP contribution >= 0.6 is 11.8 Å². The Morgan fingerprint density at radius 3 is 2.54 bits per heavy atom. The molecule has 146 valence electrons. The van der Waals surface area contributed by atoms with Crippen molar-refractivity contribution in [2.45, 2.75) is 30.7 Å². The summed E-state index contributed by atoms with van der Waals surface area (Å²) in [5.41, 5.74) is 1.92. The number of carbonyl (C=O) groups excluding carboxylic acids is 1. The molecule has 1 heterocycles. The fraction of sp³-hybridized carbons (Fsp3) is 0.286. The monoisotopic (exact) mass is 396 g/mol. The first-order chi connectivity index (χ1) is 13.6. The van der Waals surface area contributed by atoms with Gasteiger partial charge in [0.2, 0.25) is 5.91 Å². The van der Waals surface area contributed by atoms with Gasteiger partial charge >= 0.3 is 0 Å². The zero-order valence-corrected chi connectivity index (χ0v) is 17.1. The molecule has 3 rings (SSSR count). The van der Waals surface area contributed by atoms with Gasteiger partial charge in [-0.3, -0.25) is 4.79 Å². The molecule has 0 bridgehead atoms. The van der Waals surface area contributed by atoms with E-state index in [2.05, 4.69) is 27.6 Å². The summed E-state index contributed by atoms with van der Waals surface area (Å²) in [6, 6.07) is 17.5. The number of carbonyl (C=O) groups is 1. The number of thioether (sulfide) groups is 1. The van der Waals surface area contributed by atoms with Crippen LogP contribution in [0.5, 0.6) is 5.75 Å². The van der Waals surface area contributed by atoms with E-state index in [9.17, 15) is 4.79 Å². The number of aromatic nitrogens is 3. The number of nitrogens with one attached hydrogen (secondary N) is 1. The van der Waals surface area contributed by atoms with Crippen LogP contribution in [0, 0.1) is 0 Å². The summed E-state index contributed by atoms with van der Waals surface area (Å²) in [6.07, 6.45) is 0.706. The summed E-state index contributed by atoms with van der Waals surface area (Å²) in [5, 5.41) is 11.9. The highest BCUT2D eigenvalue weighted by atomic mass is 32.2. The number of benzene rings is 2. The highest BCUT2D eigenvalue weighted by molar-refractivity contribution is 8.00. The zero-order chi connectivity index (χ0) is 19.9. The molecule has 1 atom stereocenters. The zero-order valence-electron chi connectivity index (χ0n) is 16.3. The molecule has 0 saturated heterocycles. The summed E-state index contributed by atoms with van der Waals surface area (Å²) in [4.78, 5) is 12.5. The van der Waals surface area contributed by atoms with Crippen LogP contribution in [-0.2, 0) is 18.3 Å². The van der Waals surface area contributed by atoms with E-state index >= 15 is 0 Å². The standard InChI is InChI=1S/C21H24N4O2S/c1-4-27-18-12-10-17(11-13-18)22-20(26)15(2)28-21-24-23-19(25(21)3)14-16-8-6-5-7-9-16/h5-13,15H,4,14H2,1-3H3,(H,22,26)/t15-/m0/s1. The molecular formula is C21H24N4O2S. The Labute approximate surface area is 169 Å². The van der Waals surface area contributed by atoms with Crippen molar-refractivity contribution < 1.29 is 9.53 Å². The second kappa shape index (κ2) is 9.41. The predicted molar refractivity (Wildman–Crippen MR) is 112 cm³/mol. The topological polar surface area (TPSA) is 69.0 Å². The van der Waals surface area contributed by atoms with E-state index in [0.717, 1.165) is 22.4 Å². The molecule has 0 aliphatic carbocycles. The van der Waals surface area contributed by atoms with Crippen molar-refractivity contribution in [2.24, 2.45) is 7.05 Å². The molecule has 1 aromatic heterocycles. The highest BCUT2D eigenvalue weighted by Gasteiger charge is 2.19. The fourth-order valence-electron chi connectivity index (χ4n) is 2.64. The quantitative estimate of drug-likeness (QED) is 0.585. The average Bonchev–Trinajstić information content (AvgIpc) is 3.04. The van der Waals surface area contributed by atoms with Gasteiger partial charge in [-0.1, -0.05) is 42.1 Å². The van der Waals surface area contributed by atoms with Gasteiger partial charge in [-0.2, -0.15) is 0 Å². The highest BCUT2D eigenvalue weighted by Crippen LogP contribution is 2.24. The maximum atomic E-state index is 12.5. The molecule has 0 saturated carbocycles. The Balaban J connectivity index is 1.59. The summed E-state index contributed by atoms with van der Waals surface area (Å²) >= 11 is 1.39. The molecule has 0 aliphatic rings. The van der Waals surface area contributed by atoms with Gasteiger partial charge in [0.15, 0.2) is 5.16 Å². The molecule has 3 aromatic rings. The van der Waals surface area contributed by atoms with Crippen molar-refractivity contribution in [3.63, 3.8) is 0 Å². The molecule has 2 aromatic carbocycles. The smallest absolute Gasteiger partial charge is 0.237 e. The molecule has 0 unspecified atom stereocenters. The van der Waals surface area contributed by atoms with Gasteiger partial charge in [0.25, 0.3) is 0 Å². The minimum absolute atomic E-state index is 0.0817. The van der Waals surface area contributed by atoms with E-state index in [1.54, 1.807) is 0 Å². The molecule has 0 spiro atoms. The first kappa shape index (κ1) is 19.9. The van der Waals surface area contributed by atoms with Gasteiger partial charge in [-0.15, -0.1) is 10.2 Å². The Bertz CT molecular complexity index is 910. The maximum absolute atomic E-state index is 12.5. The van der Waals surface area contributed by atoms with Gasteiger partial charge in [-0.25, -0.2) is 0 Å². The molecule has 1 N–H and O–H groups in total. The lowest BCUT2D eigenvalue weighted by Crippen LogP contribution is -2.22. The van der Waals surface area contributed by atoms with Gasteiger partial charge in [0, 0.05) is 19.2 Å². The third-order valence-corrected chi connectivity index (χ3v) is 5.35. The minimum atomic E-state index is -0.306. The van der Waals surface area contributed by atoms with Crippen LogP contribution in [0.3, 0.4) is 0 Å². The van der Waals surface area contributed by atoms with Gasteiger partial charge in [0.05, 0.1) is 11.9 Å². The Hall–Kier alpha value is -2.80. The summed E-state index contributed by atoms with van der Waals surface area (Å²) in [6.45, 7) is 4.41. The van der Waals surface area contributed by atoms with Crippen LogP contribution in [0.15, 0.2) is 59.8 Å². The van der Waals surface area contributed by atoms with Crippen molar-refractivity contribution >= 4 is 23.4 Å². The second-order valence-corrected chi connectivity index (χ2v) is 7.63. The van der Waals surface area contributed by atoms with Crippen LogP contribution < -0.4 is 10.1 Å². The average molecular weight is 397 g/mol. The summed E-state index contributed by atoms with van der Waals surface area (Å²) in [5.74, 6) is 1.57. The number of hydrogen-bond acceptors (Lipinski definition) is 5. The largest absolute Gasteiger partial charge is 0.494 e. The van der Waals surface area contributed by atoms with E-state index in [4.69, 9.17) is 4.74 Å². The van der Waals surface area contributed by atoms with E-state index in [0.29, 0.717) is 13.0 Å². The lowest BCUT2D eigenvalue weighted by Gasteiger charge is -2.12. The molecule has 6 nitrogen and oxygen atoms in total. The second-order valence-electron chi connectivity index (χ2n) is 6.33. The molecule has 0 fully saturated rings. The fourth-order valence-corrected chi connectivity index (χ4v) is 3.47. The van der Waals surface area contributed by atoms with E-state index in [-0.39, 0.29) is 11.2 Å². The van der Waals surface area contributed by atoms with Crippen molar-refractivity contribution in [1.82, 2.24) is 14.8 Å². The van der Waals surface area contributed by atoms with Gasteiger partial charge in [0.1, 0.15) is 11.6 Å². The molecule has 0 aliphatic heterocycles. The molecular weight excluding hydrogens is 372 g/mol. The van der Waals surface area contributed by atoms with Crippen molar-refractivity contribution in [3.8, 4) is 5.75 Å². The van der Waals surface area contributed by atoms with Crippen LogP contribution in [-0.4, -0.2) is 32.5 Å². The molecule has 7 heteroatoms. The number of hydrogen-bond donors (Lipinski definition) is 1. The van der Waals surface area contributed by atoms with Gasteiger partial charge in [-0.05, 0) is 43.7 Å². The SMILES string of the molecule is CCOc1ccc(NC(=O)[C@H](C)Sc2nnc(Cc3ccccc3)n2C)cc1. The Kier molecular flexibility index (Phi) is 6.71. The summed E-state index contributed by atoms with van der Waals surface area (Å²) < 4.78 is 7.36. The first-order valence-corrected chi connectivity index (χ1v) is 10.1. The van der Waals surface area contributed by atoms with Crippen molar-refractivity contribution in [2.75, 3.05) is 11.9 Å². The molecule has 1 amide bonds. The number of ether oxygens (including phenoxy) is 1. The molecule has 28 heavy (non-hydrogen) atoms. The number of rotatable bonds is 8. The summed E-state index contributed by atoms with van der Waals surface area (Å²) in [7, 11) is 1.93. The maximum Gasteiger partial charge on any atom is 0.237 e. The van der Waals surface area contributed by atoms with Crippen LogP contribution in [0.25, 0.3) is 0 Å². The number of anilines is 1. The minimum Gasteiger partial charge on any atom is -0.494 e. The Morgan fingerprint density at radius 1 is 1.14 bits per heavy atom. The molecule has 0 radical (unpaired) electrons. The number of nitrogens with zero attached hydrogens (tertiary/aromatic N) is 3. The van der Waals surface area contributed by atoms with E-state index in [1.165, 1.54) is 17.3 Å². The number of amides is 1. The van der Waals surface area contributed by atoms with Crippen LogP contribution in [0.1, 0.15) is 25.2 Å². The third kappa shape index (κ3) is 5.13. The predicted octanol–water partition coefficient (Wildman–Crippen LogP) is 3.92.